The first-order valence-corrected chi connectivity index (χ1v) is 10.3. The molecule has 0 bridgehead atoms. The van der Waals surface area contributed by atoms with Gasteiger partial charge in [-0.25, -0.2) is 0 Å². The van der Waals surface area contributed by atoms with Gasteiger partial charge < -0.3 is 9.73 Å². The zero-order chi connectivity index (χ0) is 19.2. The number of hydrogen-bond donors (Lipinski definition) is 1. The molecular formula is C21H20ClNO3S. The Morgan fingerprint density at radius 2 is 1.81 bits per heavy atom. The Hall–Kier alpha value is -2.37. The molecule has 3 aromatic rings. The summed E-state index contributed by atoms with van der Waals surface area (Å²) in [5.41, 5.74) is 2.07. The van der Waals surface area contributed by atoms with Gasteiger partial charge in [0.2, 0.25) is 0 Å². The molecule has 140 valence electrons. The lowest BCUT2D eigenvalue weighted by molar-refractivity contribution is 0.0925. The lowest BCUT2D eigenvalue weighted by atomic mass is 10.1. The van der Waals surface area contributed by atoms with Crippen LogP contribution >= 0.6 is 11.6 Å². The van der Waals surface area contributed by atoms with E-state index in [-0.39, 0.29) is 17.4 Å². The van der Waals surface area contributed by atoms with Crippen molar-refractivity contribution in [2.45, 2.75) is 24.0 Å². The van der Waals surface area contributed by atoms with Crippen LogP contribution in [0.4, 0.5) is 0 Å². The second kappa shape index (κ2) is 9.02. The molecule has 3 rings (SSSR count). The van der Waals surface area contributed by atoms with Crippen LogP contribution in [0.15, 0.2) is 70.0 Å². The summed E-state index contributed by atoms with van der Waals surface area (Å²) in [5, 5.41) is 3.52. The molecule has 0 saturated carbocycles. The highest BCUT2D eigenvalue weighted by Crippen LogP contribution is 2.18. The van der Waals surface area contributed by atoms with E-state index in [1.807, 2.05) is 55.5 Å². The van der Waals surface area contributed by atoms with Crippen molar-refractivity contribution in [1.29, 1.82) is 0 Å². The number of amides is 1. The lowest BCUT2D eigenvalue weighted by Gasteiger charge is -2.05. The largest absolute Gasteiger partial charge is 0.455 e. The molecule has 0 spiro atoms. The molecule has 1 N–H and O–H groups in total. The maximum Gasteiger partial charge on any atom is 0.287 e. The highest BCUT2D eigenvalue weighted by atomic mass is 35.5. The maximum absolute atomic E-state index is 12.5. The predicted molar refractivity (Wildman–Crippen MR) is 107 cm³/mol. The van der Waals surface area contributed by atoms with E-state index in [1.54, 1.807) is 12.1 Å². The monoisotopic (exact) mass is 401 g/mol. The average Bonchev–Trinajstić information content (AvgIpc) is 3.12. The Kier molecular flexibility index (Phi) is 6.48. The SMILES string of the molecule is Cc1ccccc1[S@](=O)Cc1ccc(C(=O)NCCc2ccc(Cl)cc2)o1. The molecule has 0 aliphatic rings. The van der Waals surface area contributed by atoms with E-state index in [1.165, 1.54) is 0 Å². The number of benzene rings is 2. The average molecular weight is 402 g/mol. The Morgan fingerprint density at radius 1 is 1.07 bits per heavy atom. The van der Waals surface area contributed by atoms with Crippen LogP contribution in [0.2, 0.25) is 5.02 Å². The Bertz CT molecular complexity index is 950. The van der Waals surface area contributed by atoms with Crippen molar-refractivity contribution in [3.8, 4) is 0 Å². The first-order chi connectivity index (χ1) is 13.0. The van der Waals surface area contributed by atoms with Crippen molar-refractivity contribution in [2.24, 2.45) is 0 Å². The van der Waals surface area contributed by atoms with Gasteiger partial charge in [0, 0.05) is 16.5 Å². The molecule has 0 radical (unpaired) electrons. The first-order valence-electron chi connectivity index (χ1n) is 8.58. The summed E-state index contributed by atoms with van der Waals surface area (Å²) in [6, 6.07) is 18.4. The fraction of sp³-hybridized carbons (Fsp3) is 0.190. The van der Waals surface area contributed by atoms with Gasteiger partial charge in [-0.15, -0.1) is 0 Å². The third-order valence-corrected chi connectivity index (χ3v) is 5.86. The van der Waals surface area contributed by atoms with Crippen molar-refractivity contribution >= 4 is 28.3 Å². The maximum atomic E-state index is 12.5. The van der Waals surface area contributed by atoms with Gasteiger partial charge in [0.05, 0.1) is 16.6 Å². The third kappa shape index (κ3) is 5.31. The van der Waals surface area contributed by atoms with E-state index < -0.39 is 10.8 Å². The van der Waals surface area contributed by atoms with Gasteiger partial charge >= 0.3 is 0 Å². The minimum atomic E-state index is -1.21. The Balaban J connectivity index is 1.53. The second-order valence-electron chi connectivity index (χ2n) is 6.15. The van der Waals surface area contributed by atoms with Gasteiger partial charge in [-0.1, -0.05) is 41.9 Å². The van der Waals surface area contributed by atoms with Crippen molar-refractivity contribution in [2.75, 3.05) is 6.54 Å². The number of halogens is 1. The number of aryl methyl sites for hydroxylation is 1. The van der Waals surface area contributed by atoms with Crippen LogP contribution in [0, 0.1) is 6.92 Å². The third-order valence-electron chi connectivity index (χ3n) is 4.11. The minimum absolute atomic E-state index is 0.225. The summed E-state index contributed by atoms with van der Waals surface area (Å²) in [7, 11) is -1.21. The topological polar surface area (TPSA) is 59.3 Å². The highest BCUT2D eigenvalue weighted by Gasteiger charge is 2.14. The van der Waals surface area contributed by atoms with Gasteiger partial charge in [-0.05, 0) is 54.8 Å². The molecule has 4 nitrogen and oxygen atoms in total. The normalized spacial score (nSPS) is 11.9. The molecule has 1 atom stereocenters. The number of carbonyl (C=O) groups is 1. The molecule has 2 aromatic carbocycles. The van der Waals surface area contributed by atoms with Gasteiger partial charge in [-0.2, -0.15) is 0 Å². The predicted octanol–water partition coefficient (Wildman–Crippen LogP) is 4.52. The standard InChI is InChI=1S/C21H20ClNO3S/c1-15-4-2-3-5-20(15)27(25)14-18-10-11-19(26-18)21(24)23-13-12-16-6-8-17(22)9-7-16/h2-11H,12-14H2,1H3,(H,23,24)/t27-/m1/s1. The number of nitrogens with one attached hydrogen (secondary N) is 1. The number of rotatable bonds is 7. The number of furan rings is 1. The Labute approximate surface area is 166 Å². The molecule has 0 aliphatic carbocycles. The molecule has 27 heavy (non-hydrogen) atoms. The molecule has 0 unspecified atom stereocenters. The smallest absolute Gasteiger partial charge is 0.287 e. The van der Waals surface area contributed by atoms with E-state index in [2.05, 4.69) is 5.32 Å². The van der Waals surface area contributed by atoms with E-state index in [9.17, 15) is 9.00 Å². The zero-order valence-corrected chi connectivity index (χ0v) is 16.5. The van der Waals surface area contributed by atoms with E-state index in [4.69, 9.17) is 16.0 Å². The van der Waals surface area contributed by atoms with E-state index >= 15 is 0 Å². The number of hydrogen-bond acceptors (Lipinski definition) is 3. The molecule has 0 aliphatic heterocycles. The summed E-state index contributed by atoms with van der Waals surface area (Å²) in [4.78, 5) is 13.0. The van der Waals surface area contributed by atoms with Crippen LogP contribution in [0.3, 0.4) is 0 Å². The minimum Gasteiger partial charge on any atom is -0.455 e. The van der Waals surface area contributed by atoms with Crippen LogP contribution in [-0.4, -0.2) is 16.7 Å². The van der Waals surface area contributed by atoms with E-state index in [0.717, 1.165) is 16.0 Å². The summed E-state index contributed by atoms with van der Waals surface area (Å²) in [6.45, 7) is 2.42. The highest BCUT2D eigenvalue weighted by molar-refractivity contribution is 7.84. The van der Waals surface area contributed by atoms with Crippen LogP contribution in [0.25, 0.3) is 0 Å². The molecular weight excluding hydrogens is 382 g/mol. The summed E-state index contributed by atoms with van der Waals surface area (Å²) in [6.07, 6.45) is 0.702. The van der Waals surface area contributed by atoms with Gasteiger partial charge in [0.25, 0.3) is 5.91 Å². The zero-order valence-electron chi connectivity index (χ0n) is 14.9. The molecule has 0 fully saturated rings. The van der Waals surface area contributed by atoms with Gasteiger partial charge in [-0.3, -0.25) is 9.00 Å². The van der Waals surface area contributed by atoms with Crippen molar-refractivity contribution in [3.63, 3.8) is 0 Å². The van der Waals surface area contributed by atoms with Crippen molar-refractivity contribution in [1.82, 2.24) is 5.32 Å². The molecule has 1 heterocycles. The molecule has 6 heteroatoms. The summed E-state index contributed by atoms with van der Waals surface area (Å²) >= 11 is 5.86. The summed E-state index contributed by atoms with van der Waals surface area (Å²) < 4.78 is 18.1. The van der Waals surface area contributed by atoms with Crippen LogP contribution in [0.5, 0.6) is 0 Å². The second-order valence-corrected chi connectivity index (χ2v) is 8.01. The first kappa shape index (κ1) is 19.4. The van der Waals surface area contributed by atoms with Crippen molar-refractivity contribution < 1.29 is 13.4 Å². The Morgan fingerprint density at radius 3 is 2.56 bits per heavy atom. The fourth-order valence-electron chi connectivity index (χ4n) is 2.65. The molecule has 1 amide bonds. The van der Waals surface area contributed by atoms with Crippen LogP contribution in [-0.2, 0) is 23.0 Å². The number of carbonyl (C=O) groups excluding carboxylic acids is 1. The van der Waals surface area contributed by atoms with Gasteiger partial charge in [0.1, 0.15) is 5.76 Å². The summed E-state index contributed by atoms with van der Waals surface area (Å²) in [5.74, 6) is 0.710. The lowest BCUT2D eigenvalue weighted by Crippen LogP contribution is -2.25. The fourth-order valence-corrected chi connectivity index (χ4v) is 4.01. The van der Waals surface area contributed by atoms with E-state index in [0.29, 0.717) is 23.7 Å². The van der Waals surface area contributed by atoms with Crippen molar-refractivity contribution in [3.05, 3.63) is 88.3 Å². The molecule has 1 aromatic heterocycles. The van der Waals surface area contributed by atoms with Gasteiger partial charge in [0.15, 0.2) is 5.76 Å². The molecule has 0 saturated heterocycles. The van der Waals surface area contributed by atoms with Crippen LogP contribution < -0.4 is 5.32 Å². The van der Waals surface area contributed by atoms with Crippen LogP contribution in [0.1, 0.15) is 27.4 Å². The quantitative estimate of drug-likeness (QED) is 0.633.